The maximum absolute atomic E-state index is 13.7. The van der Waals surface area contributed by atoms with E-state index in [0.29, 0.717) is 30.2 Å². The number of rotatable bonds is 4. The average Bonchev–Trinajstić information content (AvgIpc) is 2.81. The molecular weight excluding hydrogens is 315 g/mol. The van der Waals surface area contributed by atoms with Gasteiger partial charge in [0.05, 0.1) is 0 Å². The van der Waals surface area contributed by atoms with Crippen LogP contribution in [-0.4, -0.2) is 35.5 Å². The van der Waals surface area contributed by atoms with Crippen molar-refractivity contribution in [2.45, 2.75) is 65.0 Å². The van der Waals surface area contributed by atoms with Crippen LogP contribution >= 0.6 is 0 Å². The van der Waals surface area contributed by atoms with Crippen LogP contribution in [-0.2, 0) is 4.79 Å². The van der Waals surface area contributed by atoms with Crippen molar-refractivity contribution in [2.24, 2.45) is 11.8 Å². The minimum Gasteiger partial charge on any atom is -0.363 e. The summed E-state index contributed by atoms with van der Waals surface area (Å²) < 4.78 is 13.7. The predicted octanol–water partition coefficient (Wildman–Crippen LogP) is 4.47. The van der Waals surface area contributed by atoms with Gasteiger partial charge in [-0.05, 0) is 63.1 Å². The van der Waals surface area contributed by atoms with Crippen LogP contribution in [0.2, 0.25) is 0 Å². The van der Waals surface area contributed by atoms with Crippen molar-refractivity contribution in [2.75, 3.05) is 18.0 Å². The number of likely N-dealkylation sites (tertiary alicyclic amines) is 1. The highest BCUT2D eigenvalue weighted by atomic mass is 19.1. The minimum absolute atomic E-state index is 0.0138. The molecule has 2 saturated heterocycles. The van der Waals surface area contributed by atoms with E-state index in [1.165, 1.54) is 6.07 Å². The van der Waals surface area contributed by atoms with E-state index in [4.69, 9.17) is 0 Å². The van der Waals surface area contributed by atoms with Gasteiger partial charge in [0.1, 0.15) is 5.82 Å². The molecular formula is C21H31FN2O. The summed E-state index contributed by atoms with van der Waals surface area (Å²) in [6.07, 6.45) is 3.64. The minimum atomic E-state index is -0.182. The van der Waals surface area contributed by atoms with Crippen molar-refractivity contribution in [3.05, 3.63) is 30.1 Å². The van der Waals surface area contributed by atoms with Gasteiger partial charge in [-0.3, -0.25) is 4.79 Å². The average molecular weight is 346 g/mol. The van der Waals surface area contributed by atoms with Crippen molar-refractivity contribution in [1.82, 2.24) is 4.90 Å². The van der Waals surface area contributed by atoms with Gasteiger partial charge in [-0.15, -0.1) is 0 Å². The fourth-order valence-electron chi connectivity index (χ4n) is 4.71. The number of amides is 1. The van der Waals surface area contributed by atoms with Gasteiger partial charge in [-0.25, -0.2) is 4.39 Å². The Bertz CT molecular complexity index is 628. The van der Waals surface area contributed by atoms with E-state index in [9.17, 15) is 9.18 Å². The van der Waals surface area contributed by atoms with E-state index >= 15 is 0 Å². The molecule has 0 saturated carbocycles. The van der Waals surface area contributed by atoms with E-state index in [1.54, 1.807) is 12.1 Å². The number of benzene rings is 1. The summed E-state index contributed by atoms with van der Waals surface area (Å²) in [5.41, 5.74) is 0.956. The molecule has 1 aromatic carbocycles. The highest BCUT2D eigenvalue weighted by Gasteiger charge is 2.48. The lowest BCUT2D eigenvalue weighted by Crippen LogP contribution is -2.50. The van der Waals surface area contributed by atoms with Crippen molar-refractivity contribution >= 4 is 11.6 Å². The predicted molar refractivity (Wildman–Crippen MR) is 100 cm³/mol. The normalized spacial score (nSPS) is 25.4. The molecule has 0 N–H and O–H groups in total. The Balaban J connectivity index is 1.73. The summed E-state index contributed by atoms with van der Waals surface area (Å²) in [5.74, 6) is 1.15. The van der Waals surface area contributed by atoms with Crippen molar-refractivity contribution < 1.29 is 9.18 Å². The van der Waals surface area contributed by atoms with Gasteiger partial charge in [-0.2, -0.15) is 0 Å². The second-order valence-electron chi connectivity index (χ2n) is 8.75. The van der Waals surface area contributed by atoms with E-state index in [-0.39, 0.29) is 11.4 Å². The number of fused-ring (bicyclic) bond motifs is 1. The first-order valence-electron chi connectivity index (χ1n) is 9.60. The summed E-state index contributed by atoms with van der Waals surface area (Å²) in [6.45, 7) is 10.5. The van der Waals surface area contributed by atoms with Crippen molar-refractivity contribution in [1.29, 1.82) is 0 Å². The maximum atomic E-state index is 13.7. The zero-order valence-electron chi connectivity index (χ0n) is 16.0. The Hall–Kier alpha value is -1.58. The quantitative estimate of drug-likeness (QED) is 0.803. The summed E-state index contributed by atoms with van der Waals surface area (Å²) >= 11 is 0. The Morgan fingerprint density at radius 2 is 2.12 bits per heavy atom. The lowest BCUT2D eigenvalue weighted by Gasteiger charge is -2.42. The zero-order chi connectivity index (χ0) is 18.2. The van der Waals surface area contributed by atoms with Gasteiger partial charge in [-0.1, -0.05) is 19.9 Å². The Kier molecular flexibility index (Phi) is 5.08. The van der Waals surface area contributed by atoms with E-state index in [1.807, 2.05) is 6.07 Å². The lowest BCUT2D eigenvalue weighted by atomic mass is 9.89. The third-order valence-corrected chi connectivity index (χ3v) is 5.81. The fraction of sp³-hybridized carbons (Fsp3) is 0.667. The van der Waals surface area contributed by atoms with Gasteiger partial charge < -0.3 is 9.80 Å². The van der Waals surface area contributed by atoms with E-state index in [2.05, 4.69) is 37.5 Å². The summed E-state index contributed by atoms with van der Waals surface area (Å²) in [7, 11) is 0. The second kappa shape index (κ2) is 6.97. The zero-order valence-corrected chi connectivity index (χ0v) is 16.0. The molecule has 25 heavy (non-hydrogen) atoms. The van der Waals surface area contributed by atoms with Crippen molar-refractivity contribution in [3.8, 4) is 0 Å². The van der Waals surface area contributed by atoms with Gasteiger partial charge in [0.25, 0.3) is 0 Å². The summed E-state index contributed by atoms with van der Waals surface area (Å²) in [5, 5.41) is 0. The molecule has 0 unspecified atom stereocenters. The first-order valence-corrected chi connectivity index (χ1v) is 9.60. The number of hydrogen-bond acceptors (Lipinski definition) is 2. The molecule has 138 valence electrons. The van der Waals surface area contributed by atoms with Crippen LogP contribution in [0.15, 0.2) is 24.3 Å². The molecule has 2 aliphatic heterocycles. The number of anilines is 1. The molecule has 3 nitrogen and oxygen atoms in total. The van der Waals surface area contributed by atoms with Gasteiger partial charge in [0.2, 0.25) is 5.91 Å². The fourth-order valence-corrected chi connectivity index (χ4v) is 4.71. The maximum Gasteiger partial charge on any atom is 0.222 e. The molecule has 0 spiro atoms. The van der Waals surface area contributed by atoms with Crippen LogP contribution in [0.1, 0.15) is 53.4 Å². The van der Waals surface area contributed by atoms with Crippen LogP contribution in [0.5, 0.6) is 0 Å². The highest BCUT2D eigenvalue weighted by molar-refractivity contribution is 5.76. The molecule has 4 heteroatoms. The second-order valence-corrected chi connectivity index (χ2v) is 8.75. The smallest absolute Gasteiger partial charge is 0.222 e. The molecule has 2 aliphatic rings. The molecule has 1 aromatic rings. The van der Waals surface area contributed by atoms with Crippen LogP contribution in [0.25, 0.3) is 0 Å². The first-order chi connectivity index (χ1) is 11.8. The van der Waals surface area contributed by atoms with E-state index < -0.39 is 0 Å². The first kappa shape index (κ1) is 18.2. The molecule has 2 atom stereocenters. The van der Waals surface area contributed by atoms with Crippen LogP contribution in [0.3, 0.4) is 0 Å². The van der Waals surface area contributed by atoms with Gasteiger partial charge >= 0.3 is 0 Å². The summed E-state index contributed by atoms with van der Waals surface area (Å²) in [6, 6.07) is 7.34. The highest BCUT2D eigenvalue weighted by Crippen LogP contribution is 2.44. The monoisotopic (exact) mass is 346 g/mol. The van der Waals surface area contributed by atoms with E-state index in [0.717, 1.165) is 38.0 Å². The molecule has 0 aromatic heterocycles. The molecule has 2 heterocycles. The largest absolute Gasteiger partial charge is 0.363 e. The number of nitrogens with zero attached hydrogens (tertiary/aromatic N) is 2. The Labute approximate surface area is 151 Å². The van der Waals surface area contributed by atoms with Crippen LogP contribution < -0.4 is 4.90 Å². The molecule has 2 fully saturated rings. The summed E-state index contributed by atoms with van der Waals surface area (Å²) in [4.78, 5) is 17.0. The standard InChI is InChI=1S/C21H31FN2O/c1-15(2)8-9-20(25)23-11-10-19-16(14-23)13-21(3,4)24(19)18-7-5-6-17(22)12-18/h5-7,12,15-16,19H,8-11,13-14H2,1-4H3/t16-,19+/m1/s1. The molecule has 0 radical (unpaired) electrons. The Morgan fingerprint density at radius 3 is 2.80 bits per heavy atom. The topological polar surface area (TPSA) is 23.6 Å². The number of piperidine rings is 1. The molecule has 0 aliphatic carbocycles. The molecule has 0 bridgehead atoms. The third-order valence-electron chi connectivity index (χ3n) is 5.81. The lowest BCUT2D eigenvalue weighted by molar-refractivity contribution is -0.133. The molecule has 3 rings (SSSR count). The van der Waals surface area contributed by atoms with Crippen molar-refractivity contribution in [3.63, 3.8) is 0 Å². The van der Waals surface area contributed by atoms with Crippen LogP contribution in [0.4, 0.5) is 10.1 Å². The number of halogens is 1. The SMILES string of the molecule is CC(C)CCC(=O)N1CC[C@H]2[C@@H](C1)CC(C)(C)N2c1cccc(F)c1. The van der Waals surface area contributed by atoms with Gasteiger partial charge in [0.15, 0.2) is 0 Å². The number of hydrogen-bond donors (Lipinski definition) is 0. The third kappa shape index (κ3) is 3.83. The number of carbonyl (C=O) groups excluding carboxylic acids is 1. The number of carbonyl (C=O) groups is 1. The molecule has 1 amide bonds. The van der Waals surface area contributed by atoms with Crippen LogP contribution in [0, 0.1) is 17.7 Å². The van der Waals surface area contributed by atoms with Gasteiger partial charge in [0, 0.05) is 36.8 Å². The Morgan fingerprint density at radius 1 is 1.36 bits per heavy atom.